The van der Waals surface area contributed by atoms with Gasteiger partial charge in [0.25, 0.3) is 11.5 Å². The van der Waals surface area contributed by atoms with Crippen molar-refractivity contribution in [2.45, 2.75) is 45.3 Å². The van der Waals surface area contributed by atoms with E-state index in [0.29, 0.717) is 17.7 Å². The lowest BCUT2D eigenvalue weighted by Crippen LogP contribution is -2.56. The number of hydrogen-bond donors (Lipinski definition) is 4. The molecule has 4 rings (SSSR count). The SMILES string of the molecule is CCNC(=O)CNC(=O)C(F)(F)C(=O)C(Cc1ccccc1)NC(=O)Cn1c(-c2cccc(C)c2)ncc(NCc2ccccc2)c1=O. The van der Waals surface area contributed by atoms with Crippen LogP contribution in [-0.4, -0.2) is 58.1 Å². The number of halogens is 2. The Morgan fingerprint density at radius 3 is 2.19 bits per heavy atom. The molecule has 0 bridgehead atoms. The van der Waals surface area contributed by atoms with Crippen LogP contribution < -0.4 is 26.8 Å². The van der Waals surface area contributed by atoms with Gasteiger partial charge in [-0.25, -0.2) is 4.98 Å². The summed E-state index contributed by atoms with van der Waals surface area (Å²) in [7, 11) is 0. The van der Waals surface area contributed by atoms with Crippen molar-refractivity contribution in [2.24, 2.45) is 0 Å². The molecule has 11 nitrogen and oxygen atoms in total. The van der Waals surface area contributed by atoms with E-state index in [-0.39, 0.29) is 24.5 Å². The summed E-state index contributed by atoms with van der Waals surface area (Å²) in [6.45, 7) is 2.52. The molecule has 3 aromatic carbocycles. The van der Waals surface area contributed by atoms with Crippen molar-refractivity contribution < 1.29 is 28.0 Å². The van der Waals surface area contributed by atoms with E-state index >= 15 is 8.78 Å². The fourth-order valence-corrected chi connectivity index (χ4v) is 4.87. The number of aromatic nitrogens is 2. The molecule has 1 heterocycles. The number of hydrogen-bond acceptors (Lipinski definition) is 7. The summed E-state index contributed by atoms with van der Waals surface area (Å²) in [6.07, 6.45) is 0.986. The Kier molecular flexibility index (Phi) is 11.9. The van der Waals surface area contributed by atoms with Crippen LogP contribution in [0.5, 0.6) is 0 Å². The van der Waals surface area contributed by atoms with Crippen LogP contribution in [0.3, 0.4) is 0 Å². The van der Waals surface area contributed by atoms with E-state index in [1.165, 1.54) is 6.20 Å². The van der Waals surface area contributed by atoms with Gasteiger partial charge in [0.05, 0.1) is 18.8 Å². The van der Waals surface area contributed by atoms with Crippen LogP contribution >= 0.6 is 0 Å². The van der Waals surface area contributed by atoms with Gasteiger partial charge in [-0.1, -0.05) is 84.4 Å². The second-order valence-corrected chi connectivity index (χ2v) is 11.0. The number of alkyl halides is 2. The van der Waals surface area contributed by atoms with Crippen molar-refractivity contribution in [3.8, 4) is 11.4 Å². The third-order valence-electron chi connectivity index (χ3n) is 7.26. The lowest BCUT2D eigenvalue weighted by Gasteiger charge is -2.23. The van der Waals surface area contributed by atoms with Crippen LogP contribution in [0.4, 0.5) is 14.5 Å². The number of nitrogens with one attached hydrogen (secondary N) is 4. The van der Waals surface area contributed by atoms with Crippen LogP contribution in [0.25, 0.3) is 11.4 Å². The zero-order valence-corrected chi connectivity index (χ0v) is 26.5. The summed E-state index contributed by atoms with van der Waals surface area (Å²) in [5.74, 6) is -9.97. The third kappa shape index (κ3) is 9.18. The first kappa shape index (κ1) is 35.1. The number of likely N-dealkylation sites (N-methyl/N-ethyl adjacent to an activating group) is 1. The molecule has 1 atom stereocenters. The average Bonchev–Trinajstić information content (AvgIpc) is 3.08. The minimum atomic E-state index is -4.59. The molecule has 3 amide bonds. The van der Waals surface area contributed by atoms with Crippen molar-refractivity contribution in [1.29, 1.82) is 0 Å². The highest BCUT2D eigenvalue weighted by Gasteiger charge is 2.50. The molecule has 48 heavy (non-hydrogen) atoms. The number of amides is 3. The fraction of sp³-hybridized carbons (Fsp3) is 0.257. The summed E-state index contributed by atoms with van der Waals surface area (Å²) < 4.78 is 31.5. The Morgan fingerprint density at radius 2 is 1.54 bits per heavy atom. The van der Waals surface area contributed by atoms with Gasteiger partial charge in [-0.05, 0) is 31.0 Å². The topological polar surface area (TPSA) is 151 Å². The molecule has 0 fully saturated rings. The Bertz CT molecular complexity index is 1820. The molecule has 0 aliphatic heterocycles. The number of carbonyl (C=O) groups excluding carboxylic acids is 4. The van der Waals surface area contributed by atoms with Gasteiger partial charge >= 0.3 is 5.92 Å². The Hall–Kier alpha value is -5.72. The highest BCUT2D eigenvalue weighted by atomic mass is 19.3. The lowest BCUT2D eigenvalue weighted by atomic mass is 9.98. The maximum absolute atomic E-state index is 15.2. The summed E-state index contributed by atoms with van der Waals surface area (Å²) >= 11 is 0. The molecule has 0 radical (unpaired) electrons. The second kappa shape index (κ2) is 16.2. The number of carbonyl (C=O) groups is 4. The third-order valence-corrected chi connectivity index (χ3v) is 7.26. The first-order valence-corrected chi connectivity index (χ1v) is 15.2. The van der Waals surface area contributed by atoms with Crippen molar-refractivity contribution >= 4 is 29.2 Å². The van der Waals surface area contributed by atoms with E-state index in [9.17, 15) is 24.0 Å². The van der Waals surface area contributed by atoms with E-state index in [1.807, 2.05) is 43.3 Å². The van der Waals surface area contributed by atoms with E-state index < -0.39 is 54.1 Å². The van der Waals surface area contributed by atoms with Crippen LogP contribution in [-0.2, 0) is 38.7 Å². The molecule has 1 aromatic heterocycles. The predicted octanol–water partition coefficient (Wildman–Crippen LogP) is 3.02. The quantitative estimate of drug-likeness (QED) is 0.143. The molecule has 13 heteroatoms. The summed E-state index contributed by atoms with van der Waals surface area (Å²) in [4.78, 5) is 69.0. The zero-order valence-electron chi connectivity index (χ0n) is 26.5. The monoisotopic (exact) mass is 658 g/mol. The molecule has 4 N–H and O–H groups in total. The number of anilines is 1. The van der Waals surface area contributed by atoms with Crippen LogP contribution in [0.15, 0.2) is 95.9 Å². The van der Waals surface area contributed by atoms with Crippen molar-refractivity contribution in [1.82, 2.24) is 25.5 Å². The van der Waals surface area contributed by atoms with Gasteiger partial charge in [-0.3, -0.25) is 28.5 Å². The molecule has 0 spiro atoms. The van der Waals surface area contributed by atoms with Gasteiger partial charge in [-0.2, -0.15) is 8.78 Å². The second-order valence-electron chi connectivity index (χ2n) is 11.0. The Labute approximate surface area is 275 Å². The maximum Gasteiger partial charge on any atom is 0.383 e. The first-order valence-electron chi connectivity index (χ1n) is 15.2. The molecule has 1 unspecified atom stereocenters. The largest absolute Gasteiger partial charge is 0.383 e. The molecule has 0 aliphatic carbocycles. The zero-order chi connectivity index (χ0) is 34.7. The van der Waals surface area contributed by atoms with Crippen molar-refractivity contribution in [2.75, 3.05) is 18.4 Å². The van der Waals surface area contributed by atoms with E-state index in [4.69, 9.17) is 0 Å². The Balaban J connectivity index is 1.63. The van der Waals surface area contributed by atoms with E-state index in [0.717, 1.165) is 15.7 Å². The van der Waals surface area contributed by atoms with Crippen LogP contribution in [0.2, 0.25) is 0 Å². The lowest BCUT2D eigenvalue weighted by molar-refractivity contribution is -0.160. The number of ketones is 1. The highest BCUT2D eigenvalue weighted by Crippen LogP contribution is 2.21. The number of rotatable bonds is 15. The molecule has 4 aromatic rings. The minimum absolute atomic E-state index is 0.0929. The Morgan fingerprint density at radius 1 is 0.875 bits per heavy atom. The standard InChI is InChI=1S/C35H36F2N6O5/c1-3-38-29(44)21-41-34(48)35(36,37)31(46)27(18-24-12-6-4-7-13-24)42-30(45)22-43-32(26-16-10-11-23(2)17-26)40-20-28(33(43)47)39-19-25-14-8-5-9-15-25/h4-17,20,27,39H,3,18-19,21-22H2,1-2H3,(H,38,44)(H,41,48)(H,42,45). The van der Waals surface area contributed by atoms with Gasteiger partial charge in [-0.15, -0.1) is 0 Å². The molecule has 250 valence electrons. The van der Waals surface area contributed by atoms with Crippen molar-refractivity contribution in [3.63, 3.8) is 0 Å². The fourth-order valence-electron chi connectivity index (χ4n) is 4.87. The molecular formula is C35H36F2N6O5. The minimum Gasteiger partial charge on any atom is -0.375 e. The summed E-state index contributed by atoms with van der Waals surface area (Å²) in [5.41, 5.74) is 2.21. The van der Waals surface area contributed by atoms with Gasteiger partial charge in [0.2, 0.25) is 17.6 Å². The van der Waals surface area contributed by atoms with Crippen LogP contribution in [0.1, 0.15) is 23.6 Å². The number of benzene rings is 3. The number of nitrogens with zero attached hydrogens (tertiary/aromatic N) is 2. The number of Topliss-reactive ketones (excluding diaryl/α,β-unsaturated/α-hetero) is 1. The highest BCUT2D eigenvalue weighted by molar-refractivity contribution is 6.11. The van der Waals surface area contributed by atoms with Crippen LogP contribution in [0, 0.1) is 6.92 Å². The van der Waals surface area contributed by atoms with E-state index in [1.54, 1.807) is 60.8 Å². The summed E-state index contributed by atoms with van der Waals surface area (Å²) in [5, 5.41) is 9.47. The average molecular weight is 659 g/mol. The van der Waals surface area contributed by atoms with Gasteiger partial charge < -0.3 is 21.3 Å². The summed E-state index contributed by atoms with van der Waals surface area (Å²) in [6, 6.07) is 22.6. The van der Waals surface area contributed by atoms with E-state index in [2.05, 4.69) is 20.9 Å². The van der Waals surface area contributed by atoms with Gasteiger partial charge in [0, 0.05) is 25.1 Å². The number of aryl methyl sites for hydroxylation is 1. The molecule has 0 saturated heterocycles. The smallest absolute Gasteiger partial charge is 0.375 e. The van der Waals surface area contributed by atoms with Gasteiger partial charge in [0.1, 0.15) is 18.1 Å². The first-order chi connectivity index (χ1) is 23.0. The molecule has 0 saturated carbocycles. The normalized spacial score (nSPS) is 11.7. The molecule has 0 aliphatic rings. The predicted molar refractivity (Wildman–Crippen MR) is 176 cm³/mol. The van der Waals surface area contributed by atoms with Crippen molar-refractivity contribution in [3.05, 3.63) is 118 Å². The maximum atomic E-state index is 15.2. The molecular weight excluding hydrogens is 622 g/mol. The van der Waals surface area contributed by atoms with Gasteiger partial charge in [0.15, 0.2) is 0 Å².